The topological polar surface area (TPSA) is 104 Å². The first-order valence-corrected chi connectivity index (χ1v) is 9.89. The van der Waals surface area contributed by atoms with Crippen LogP contribution in [-0.4, -0.2) is 48.3 Å². The van der Waals surface area contributed by atoms with Gasteiger partial charge in [0.2, 0.25) is 15.9 Å². The van der Waals surface area contributed by atoms with Crippen molar-refractivity contribution < 1.29 is 27.5 Å². The maximum atomic E-state index is 13.1. The van der Waals surface area contributed by atoms with Crippen molar-refractivity contribution in [2.75, 3.05) is 6.54 Å². The molecular formula is C17H23FN2O5S. The van der Waals surface area contributed by atoms with E-state index in [0.29, 0.717) is 19.3 Å². The fraction of sp³-hybridized carbons (Fsp3) is 0.529. The third-order valence-electron chi connectivity index (χ3n) is 4.41. The molecule has 1 aliphatic heterocycles. The van der Waals surface area contributed by atoms with Crippen molar-refractivity contribution in [1.29, 1.82) is 0 Å². The molecule has 2 atom stereocenters. The highest BCUT2D eigenvalue weighted by atomic mass is 32.2. The number of aliphatic carboxylic acids is 1. The summed E-state index contributed by atoms with van der Waals surface area (Å²) in [4.78, 5) is 23.8. The molecule has 0 radical (unpaired) electrons. The fourth-order valence-corrected chi connectivity index (χ4v) is 4.62. The van der Waals surface area contributed by atoms with Gasteiger partial charge >= 0.3 is 5.97 Å². The van der Waals surface area contributed by atoms with Gasteiger partial charge in [-0.1, -0.05) is 20.3 Å². The van der Waals surface area contributed by atoms with E-state index in [1.165, 1.54) is 0 Å². The Labute approximate surface area is 152 Å². The number of halogens is 1. The molecule has 0 aliphatic carbocycles. The average Bonchev–Trinajstić information content (AvgIpc) is 2.59. The second-order valence-electron chi connectivity index (χ2n) is 6.65. The van der Waals surface area contributed by atoms with Crippen molar-refractivity contribution in [2.45, 2.75) is 50.1 Å². The molecule has 1 aliphatic rings. The highest BCUT2D eigenvalue weighted by Gasteiger charge is 2.39. The number of sulfonamides is 1. The first-order chi connectivity index (χ1) is 12.1. The van der Waals surface area contributed by atoms with Crippen LogP contribution in [0.15, 0.2) is 29.2 Å². The monoisotopic (exact) mass is 386 g/mol. The number of carboxylic acids is 1. The Balaban J connectivity index is 2.27. The summed E-state index contributed by atoms with van der Waals surface area (Å²) in [6.45, 7) is 3.47. The molecule has 7 nitrogen and oxygen atoms in total. The first kappa shape index (κ1) is 20.3. The summed E-state index contributed by atoms with van der Waals surface area (Å²) in [5.74, 6) is -2.70. The van der Waals surface area contributed by atoms with Crippen molar-refractivity contribution >= 4 is 21.9 Å². The van der Waals surface area contributed by atoms with E-state index >= 15 is 0 Å². The molecule has 2 rings (SSSR count). The molecule has 0 bridgehead atoms. The molecular weight excluding hydrogens is 363 g/mol. The number of nitrogens with zero attached hydrogens (tertiary/aromatic N) is 1. The zero-order valence-electron chi connectivity index (χ0n) is 14.7. The zero-order valence-corrected chi connectivity index (χ0v) is 15.5. The van der Waals surface area contributed by atoms with E-state index < -0.39 is 39.8 Å². The van der Waals surface area contributed by atoms with Crippen LogP contribution in [0.4, 0.5) is 4.39 Å². The average molecular weight is 386 g/mol. The molecule has 0 spiro atoms. The molecule has 144 valence electrons. The molecule has 1 saturated heterocycles. The predicted molar refractivity (Wildman–Crippen MR) is 92.3 cm³/mol. The Morgan fingerprint density at radius 3 is 2.38 bits per heavy atom. The number of nitrogens with one attached hydrogen (secondary N) is 1. The highest BCUT2D eigenvalue weighted by Crippen LogP contribution is 2.26. The first-order valence-electron chi connectivity index (χ1n) is 8.45. The standard InChI is InChI=1S/C17H23FN2O5S/c1-11(2)15(17(22)23)19-16(21)14-5-3-4-10-20(14)26(24,25)13-8-6-12(18)7-9-13/h6-9,11,14-15H,3-5,10H2,1-2H3,(H,19,21)(H,22,23)/t14-,15-/m0/s1. The molecule has 1 aromatic rings. The van der Waals surface area contributed by atoms with Gasteiger partial charge in [0.15, 0.2) is 0 Å². The van der Waals surface area contributed by atoms with Gasteiger partial charge < -0.3 is 10.4 Å². The summed E-state index contributed by atoms with van der Waals surface area (Å²) >= 11 is 0. The SMILES string of the molecule is CC(C)[C@H](NC(=O)[C@@H]1CCCCN1S(=O)(=O)c1ccc(F)cc1)C(=O)O. The Morgan fingerprint density at radius 1 is 1.23 bits per heavy atom. The summed E-state index contributed by atoms with van der Waals surface area (Å²) in [6, 6.07) is 2.32. The fourth-order valence-electron chi connectivity index (χ4n) is 2.96. The van der Waals surface area contributed by atoms with Gasteiger partial charge in [-0.15, -0.1) is 0 Å². The third kappa shape index (κ3) is 4.39. The smallest absolute Gasteiger partial charge is 0.326 e. The zero-order chi connectivity index (χ0) is 19.5. The summed E-state index contributed by atoms with van der Waals surface area (Å²) < 4.78 is 39.9. The molecule has 1 amide bonds. The number of piperidine rings is 1. The van der Waals surface area contributed by atoms with Crippen molar-refractivity contribution in [3.05, 3.63) is 30.1 Å². The molecule has 0 aromatic heterocycles. The van der Waals surface area contributed by atoms with Gasteiger partial charge in [-0.25, -0.2) is 17.6 Å². The van der Waals surface area contributed by atoms with Gasteiger partial charge in [-0.2, -0.15) is 4.31 Å². The van der Waals surface area contributed by atoms with Crippen LogP contribution in [-0.2, 0) is 19.6 Å². The number of carbonyl (C=O) groups excluding carboxylic acids is 1. The lowest BCUT2D eigenvalue weighted by Crippen LogP contribution is -2.55. The Kier molecular flexibility index (Phi) is 6.35. The summed E-state index contributed by atoms with van der Waals surface area (Å²) in [5.41, 5.74) is 0. The predicted octanol–water partition coefficient (Wildman–Crippen LogP) is 1.59. The van der Waals surface area contributed by atoms with Gasteiger partial charge in [0, 0.05) is 6.54 Å². The van der Waals surface area contributed by atoms with E-state index in [1.807, 2.05) is 0 Å². The van der Waals surface area contributed by atoms with E-state index in [-0.39, 0.29) is 17.4 Å². The molecule has 0 unspecified atom stereocenters. The van der Waals surface area contributed by atoms with Gasteiger partial charge in [0.1, 0.15) is 17.9 Å². The van der Waals surface area contributed by atoms with E-state index in [2.05, 4.69) is 5.32 Å². The number of carbonyl (C=O) groups is 2. The minimum absolute atomic E-state index is 0.0998. The third-order valence-corrected chi connectivity index (χ3v) is 6.33. The number of hydrogen-bond donors (Lipinski definition) is 2. The van der Waals surface area contributed by atoms with Crippen LogP contribution in [0.1, 0.15) is 33.1 Å². The molecule has 9 heteroatoms. The normalized spacial score (nSPS) is 19.9. The summed E-state index contributed by atoms with van der Waals surface area (Å²) in [6.07, 6.45) is 1.56. The van der Waals surface area contributed by atoms with Gasteiger partial charge in [0.25, 0.3) is 0 Å². The van der Waals surface area contributed by atoms with Crippen molar-refractivity contribution in [1.82, 2.24) is 9.62 Å². The number of amides is 1. The maximum absolute atomic E-state index is 13.1. The number of rotatable bonds is 6. The number of carboxylic acid groups (broad SMARTS) is 1. The van der Waals surface area contributed by atoms with Gasteiger partial charge in [-0.3, -0.25) is 4.79 Å². The maximum Gasteiger partial charge on any atom is 0.326 e. The van der Waals surface area contributed by atoms with Crippen LogP contribution in [0, 0.1) is 11.7 Å². The quantitative estimate of drug-likeness (QED) is 0.773. The number of benzene rings is 1. The largest absolute Gasteiger partial charge is 0.480 e. The molecule has 1 heterocycles. The lowest BCUT2D eigenvalue weighted by atomic mass is 10.0. The Morgan fingerprint density at radius 2 is 1.85 bits per heavy atom. The Bertz CT molecular complexity index is 764. The van der Waals surface area contributed by atoms with E-state index in [4.69, 9.17) is 0 Å². The Hall–Kier alpha value is -2.00. The van der Waals surface area contributed by atoms with Crippen molar-refractivity contribution in [2.24, 2.45) is 5.92 Å². The molecule has 1 aromatic carbocycles. The van der Waals surface area contributed by atoms with Gasteiger partial charge in [0.05, 0.1) is 4.90 Å². The van der Waals surface area contributed by atoms with Crippen LogP contribution in [0.3, 0.4) is 0 Å². The highest BCUT2D eigenvalue weighted by molar-refractivity contribution is 7.89. The lowest BCUT2D eigenvalue weighted by molar-refractivity contribution is -0.143. The number of hydrogen-bond acceptors (Lipinski definition) is 4. The lowest BCUT2D eigenvalue weighted by Gasteiger charge is -2.34. The van der Waals surface area contributed by atoms with Crippen LogP contribution < -0.4 is 5.32 Å². The second-order valence-corrected chi connectivity index (χ2v) is 8.54. The van der Waals surface area contributed by atoms with Crippen LogP contribution >= 0.6 is 0 Å². The van der Waals surface area contributed by atoms with Crippen molar-refractivity contribution in [3.63, 3.8) is 0 Å². The molecule has 0 saturated carbocycles. The summed E-state index contributed by atoms with van der Waals surface area (Å²) in [5, 5.41) is 11.7. The van der Waals surface area contributed by atoms with Crippen LogP contribution in [0.25, 0.3) is 0 Å². The van der Waals surface area contributed by atoms with E-state index in [0.717, 1.165) is 28.6 Å². The van der Waals surface area contributed by atoms with E-state index in [9.17, 15) is 27.5 Å². The molecule has 1 fully saturated rings. The van der Waals surface area contributed by atoms with Crippen LogP contribution in [0.5, 0.6) is 0 Å². The minimum atomic E-state index is -3.99. The van der Waals surface area contributed by atoms with Crippen molar-refractivity contribution in [3.8, 4) is 0 Å². The minimum Gasteiger partial charge on any atom is -0.480 e. The summed E-state index contributed by atoms with van der Waals surface area (Å²) in [7, 11) is -3.99. The molecule has 26 heavy (non-hydrogen) atoms. The molecule has 2 N–H and O–H groups in total. The van der Waals surface area contributed by atoms with Gasteiger partial charge in [-0.05, 0) is 43.0 Å². The van der Waals surface area contributed by atoms with E-state index in [1.54, 1.807) is 13.8 Å². The van der Waals surface area contributed by atoms with Crippen LogP contribution in [0.2, 0.25) is 0 Å². The second kappa shape index (κ2) is 8.13.